The minimum Gasteiger partial charge on any atom is -0.466 e. The number of carbonyl (C=O) groups excluding carboxylic acids is 2. The molecule has 1 aliphatic rings. The second kappa shape index (κ2) is 12.7. The van der Waals surface area contributed by atoms with Crippen LogP contribution >= 0.6 is 11.6 Å². The van der Waals surface area contributed by atoms with Gasteiger partial charge < -0.3 is 19.7 Å². The van der Waals surface area contributed by atoms with Crippen molar-refractivity contribution >= 4 is 34.9 Å². The largest absolute Gasteiger partial charge is 0.466 e. The Labute approximate surface area is 242 Å². The Balaban J connectivity index is 1.45. The first kappa shape index (κ1) is 27.9. The first-order valence-corrected chi connectivity index (χ1v) is 13.7. The number of rotatable bonds is 8. The maximum Gasteiger partial charge on any atom is 0.310 e. The van der Waals surface area contributed by atoms with Crippen molar-refractivity contribution < 1.29 is 19.1 Å². The normalized spacial score (nSPS) is 14.8. The highest BCUT2D eigenvalue weighted by molar-refractivity contribution is 6.30. The molecule has 1 atom stereocenters. The number of likely N-dealkylation sites (tertiary alicyclic amines) is 1. The lowest BCUT2D eigenvalue weighted by Crippen LogP contribution is -2.42. The van der Waals surface area contributed by atoms with E-state index in [9.17, 15) is 14.4 Å². The van der Waals surface area contributed by atoms with Crippen molar-refractivity contribution in [2.45, 2.75) is 19.8 Å². The summed E-state index contributed by atoms with van der Waals surface area (Å²) in [5, 5.41) is 8.01. The summed E-state index contributed by atoms with van der Waals surface area (Å²) < 4.78 is 12.4. The van der Waals surface area contributed by atoms with Gasteiger partial charge in [-0.25, -0.2) is 0 Å². The molecule has 1 amide bonds. The van der Waals surface area contributed by atoms with Crippen molar-refractivity contribution in [1.29, 1.82) is 0 Å². The van der Waals surface area contributed by atoms with E-state index in [-0.39, 0.29) is 29.2 Å². The zero-order chi connectivity index (χ0) is 28.8. The lowest BCUT2D eigenvalue weighted by atomic mass is 9.97. The molecule has 0 radical (unpaired) electrons. The third-order valence-electron chi connectivity index (χ3n) is 6.69. The summed E-state index contributed by atoms with van der Waals surface area (Å²) >= 11 is 6.03. The molecule has 1 saturated heterocycles. The van der Waals surface area contributed by atoms with Crippen molar-refractivity contribution in [2.24, 2.45) is 5.92 Å². The van der Waals surface area contributed by atoms with E-state index in [0.717, 1.165) is 0 Å². The minimum absolute atomic E-state index is 0.142. The first-order chi connectivity index (χ1) is 19.9. The Hall–Kier alpha value is -4.63. The van der Waals surface area contributed by atoms with Gasteiger partial charge in [0.05, 0.1) is 24.4 Å². The molecule has 0 spiro atoms. The molecule has 1 N–H and O–H groups in total. The summed E-state index contributed by atoms with van der Waals surface area (Å²) in [5.41, 5.74) is 1.16. The maximum atomic E-state index is 13.7. The fourth-order valence-corrected chi connectivity index (χ4v) is 4.81. The molecule has 0 unspecified atom stereocenters. The van der Waals surface area contributed by atoms with Crippen LogP contribution < -0.4 is 15.6 Å². The average Bonchev–Trinajstić information content (AvgIpc) is 3.00. The molecule has 2 heterocycles. The number of para-hydroxylation sites is 1. The molecule has 9 nitrogen and oxygen atoms in total. The number of piperidine rings is 1. The van der Waals surface area contributed by atoms with E-state index in [4.69, 9.17) is 21.1 Å². The predicted molar refractivity (Wildman–Crippen MR) is 156 cm³/mol. The fraction of sp³-hybridized carbons (Fsp3) is 0.226. The van der Waals surface area contributed by atoms with E-state index in [2.05, 4.69) is 10.4 Å². The number of amides is 1. The number of carbonyl (C=O) groups is 2. The van der Waals surface area contributed by atoms with E-state index in [1.165, 1.54) is 10.9 Å². The monoisotopic (exact) mass is 572 g/mol. The molecule has 41 heavy (non-hydrogen) atoms. The van der Waals surface area contributed by atoms with E-state index < -0.39 is 5.56 Å². The molecule has 0 bridgehead atoms. The van der Waals surface area contributed by atoms with Crippen LogP contribution in [0.5, 0.6) is 11.5 Å². The highest BCUT2D eigenvalue weighted by Crippen LogP contribution is 2.29. The second-order valence-electron chi connectivity index (χ2n) is 9.54. The van der Waals surface area contributed by atoms with Gasteiger partial charge in [-0.05, 0) is 74.4 Å². The summed E-state index contributed by atoms with van der Waals surface area (Å²) in [4.78, 5) is 41.1. The topological polar surface area (TPSA) is 103 Å². The number of benzene rings is 3. The lowest BCUT2D eigenvalue weighted by Gasteiger charge is -2.31. The summed E-state index contributed by atoms with van der Waals surface area (Å²) in [6.07, 6.45) is 2.87. The van der Waals surface area contributed by atoms with Gasteiger partial charge in [-0.3, -0.25) is 14.4 Å². The number of anilines is 2. The van der Waals surface area contributed by atoms with Crippen LogP contribution in [0.1, 0.15) is 30.1 Å². The van der Waals surface area contributed by atoms with Crippen molar-refractivity contribution in [3.05, 3.63) is 106 Å². The van der Waals surface area contributed by atoms with E-state index in [1.54, 1.807) is 72.5 Å². The van der Waals surface area contributed by atoms with Crippen molar-refractivity contribution in [3.63, 3.8) is 0 Å². The number of halogens is 1. The van der Waals surface area contributed by atoms with Crippen LogP contribution in [-0.2, 0) is 9.53 Å². The van der Waals surface area contributed by atoms with Crippen LogP contribution in [0.4, 0.5) is 11.4 Å². The van der Waals surface area contributed by atoms with Crippen molar-refractivity contribution in [2.75, 3.05) is 25.0 Å². The number of esters is 1. The Morgan fingerprint density at radius 1 is 1.05 bits per heavy atom. The Kier molecular flexibility index (Phi) is 8.64. The summed E-state index contributed by atoms with van der Waals surface area (Å²) in [6, 6.07) is 22.7. The third kappa shape index (κ3) is 6.58. The molecule has 1 aliphatic heterocycles. The Bertz CT molecular complexity index is 1590. The van der Waals surface area contributed by atoms with E-state index >= 15 is 0 Å². The Morgan fingerprint density at radius 2 is 1.83 bits per heavy atom. The number of nitrogens with zero attached hydrogens (tertiary/aromatic N) is 3. The molecular weight excluding hydrogens is 544 g/mol. The molecular formula is C31H29ClN4O5. The number of ether oxygens (including phenoxy) is 2. The molecule has 1 fully saturated rings. The molecule has 210 valence electrons. The summed E-state index contributed by atoms with van der Waals surface area (Å²) in [5.74, 6) is -0.0600. The highest BCUT2D eigenvalue weighted by atomic mass is 35.5. The zero-order valence-corrected chi connectivity index (χ0v) is 23.2. The van der Waals surface area contributed by atoms with Gasteiger partial charge in [0.25, 0.3) is 11.5 Å². The van der Waals surface area contributed by atoms with Crippen LogP contribution in [-0.4, -0.2) is 46.3 Å². The SMILES string of the molecule is CCOC(=O)[C@H]1CCCN(C(=O)c2cccc(Nc3c(Oc4ccccc4)cnn(-c4ccc(Cl)cc4)c3=O)c2)C1. The van der Waals surface area contributed by atoms with Gasteiger partial charge in [0.15, 0.2) is 11.4 Å². The average molecular weight is 573 g/mol. The van der Waals surface area contributed by atoms with Gasteiger partial charge in [0.1, 0.15) is 5.75 Å². The van der Waals surface area contributed by atoms with Crippen LogP contribution in [0, 0.1) is 5.92 Å². The van der Waals surface area contributed by atoms with Crippen LogP contribution in [0.3, 0.4) is 0 Å². The standard InChI is InChI=1S/C31H29ClN4O5/c1-2-40-31(39)22-9-7-17-35(20-22)29(37)21-8-6-10-24(18-21)34-28-27(41-26-11-4-3-5-12-26)19-33-36(30(28)38)25-15-13-23(32)14-16-25/h3-6,8,10-16,18-19,22,34H,2,7,9,17,20H2,1H3/t22-/m0/s1. The van der Waals surface area contributed by atoms with Gasteiger partial charge in [-0.15, -0.1) is 0 Å². The van der Waals surface area contributed by atoms with Gasteiger partial charge in [0.2, 0.25) is 0 Å². The molecule has 1 aromatic heterocycles. The number of hydrogen-bond acceptors (Lipinski definition) is 7. The zero-order valence-electron chi connectivity index (χ0n) is 22.5. The predicted octanol–water partition coefficient (Wildman–Crippen LogP) is 5.84. The highest BCUT2D eigenvalue weighted by Gasteiger charge is 2.30. The summed E-state index contributed by atoms with van der Waals surface area (Å²) in [7, 11) is 0. The van der Waals surface area contributed by atoms with Crippen LogP contribution in [0.2, 0.25) is 5.02 Å². The van der Waals surface area contributed by atoms with Crippen molar-refractivity contribution in [1.82, 2.24) is 14.7 Å². The van der Waals surface area contributed by atoms with Gasteiger partial charge in [-0.2, -0.15) is 9.78 Å². The smallest absolute Gasteiger partial charge is 0.310 e. The van der Waals surface area contributed by atoms with Crippen LogP contribution in [0.25, 0.3) is 5.69 Å². The minimum atomic E-state index is -0.453. The van der Waals surface area contributed by atoms with E-state index in [1.807, 2.05) is 18.2 Å². The van der Waals surface area contributed by atoms with Gasteiger partial charge in [-0.1, -0.05) is 35.9 Å². The molecule has 10 heteroatoms. The first-order valence-electron chi connectivity index (χ1n) is 13.4. The van der Waals surface area contributed by atoms with Gasteiger partial charge >= 0.3 is 5.97 Å². The molecule has 0 saturated carbocycles. The number of aromatic nitrogens is 2. The molecule has 0 aliphatic carbocycles. The number of nitrogens with one attached hydrogen (secondary N) is 1. The summed E-state index contributed by atoms with van der Waals surface area (Å²) in [6.45, 7) is 2.94. The molecule has 4 aromatic rings. The maximum absolute atomic E-state index is 13.7. The van der Waals surface area contributed by atoms with Crippen molar-refractivity contribution in [3.8, 4) is 17.2 Å². The fourth-order valence-electron chi connectivity index (χ4n) is 4.68. The third-order valence-corrected chi connectivity index (χ3v) is 6.94. The quantitative estimate of drug-likeness (QED) is 0.265. The second-order valence-corrected chi connectivity index (χ2v) is 9.98. The van der Waals surface area contributed by atoms with Gasteiger partial charge in [0, 0.05) is 29.4 Å². The molecule has 3 aromatic carbocycles. The Morgan fingerprint density at radius 3 is 2.59 bits per heavy atom. The molecule has 5 rings (SSSR count). The lowest BCUT2D eigenvalue weighted by molar-refractivity contribution is -0.149. The number of hydrogen-bond donors (Lipinski definition) is 1. The van der Waals surface area contributed by atoms with Crippen LogP contribution in [0.15, 0.2) is 89.9 Å². The van der Waals surface area contributed by atoms with E-state index in [0.29, 0.717) is 60.2 Å².